The van der Waals surface area contributed by atoms with Gasteiger partial charge in [0.25, 0.3) is 0 Å². The molecule has 2 amide bonds. The molecule has 2 aromatic heterocycles. The maximum absolute atomic E-state index is 12.0. The Labute approximate surface area is 136 Å². The maximum atomic E-state index is 12.0. The van der Waals surface area contributed by atoms with Crippen LogP contribution in [0.5, 0.6) is 0 Å². The van der Waals surface area contributed by atoms with Crippen molar-refractivity contribution in [3.63, 3.8) is 0 Å². The van der Waals surface area contributed by atoms with E-state index in [-0.39, 0.29) is 18.1 Å². The standard InChI is InChI=1S/C16H25N5O2/c1-3-16(4-2,7-10-22)12-19-15(23)18-11-13-5-8-17-14-6-9-20-21(13)14/h5-6,8-9,22H,3-4,7,10-12H2,1-2H3,(H2,18,19,23). The second-order valence-electron chi connectivity index (χ2n) is 5.75. The number of fused-ring (bicyclic) bond motifs is 1. The minimum Gasteiger partial charge on any atom is -0.396 e. The van der Waals surface area contributed by atoms with Crippen molar-refractivity contribution >= 4 is 11.7 Å². The summed E-state index contributed by atoms with van der Waals surface area (Å²) < 4.78 is 1.70. The highest BCUT2D eigenvalue weighted by Crippen LogP contribution is 2.29. The van der Waals surface area contributed by atoms with Gasteiger partial charge in [0, 0.05) is 25.4 Å². The predicted octanol–water partition coefficient (Wildman–Crippen LogP) is 1.72. The van der Waals surface area contributed by atoms with Crippen LogP contribution in [0.4, 0.5) is 4.79 Å². The molecule has 7 heteroatoms. The topological polar surface area (TPSA) is 91.5 Å². The van der Waals surface area contributed by atoms with E-state index in [2.05, 4.69) is 34.6 Å². The zero-order chi connectivity index (χ0) is 16.7. The first-order valence-corrected chi connectivity index (χ1v) is 8.04. The van der Waals surface area contributed by atoms with Crippen LogP contribution in [0.1, 0.15) is 38.8 Å². The van der Waals surface area contributed by atoms with Crippen LogP contribution in [0.2, 0.25) is 0 Å². The molecule has 126 valence electrons. The normalized spacial score (nSPS) is 11.6. The number of amides is 2. The summed E-state index contributed by atoms with van der Waals surface area (Å²) >= 11 is 0. The van der Waals surface area contributed by atoms with Gasteiger partial charge in [-0.3, -0.25) is 0 Å². The van der Waals surface area contributed by atoms with Crippen LogP contribution in [-0.4, -0.2) is 38.9 Å². The molecule has 7 nitrogen and oxygen atoms in total. The first kappa shape index (κ1) is 17.2. The number of carbonyl (C=O) groups is 1. The van der Waals surface area contributed by atoms with E-state index in [0.29, 0.717) is 19.5 Å². The van der Waals surface area contributed by atoms with Crippen LogP contribution in [0.3, 0.4) is 0 Å². The Hall–Kier alpha value is -2.15. The molecule has 2 heterocycles. The number of aromatic nitrogens is 3. The molecule has 3 N–H and O–H groups in total. The fourth-order valence-corrected chi connectivity index (χ4v) is 2.70. The van der Waals surface area contributed by atoms with Crippen molar-refractivity contribution in [2.75, 3.05) is 13.2 Å². The highest BCUT2D eigenvalue weighted by atomic mass is 16.3. The minimum absolute atomic E-state index is 0.0436. The van der Waals surface area contributed by atoms with Gasteiger partial charge < -0.3 is 15.7 Å². The molecule has 0 fully saturated rings. The van der Waals surface area contributed by atoms with Crippen LogP contribution in [-0.2, 0) is 6.54 Å². The zero-order valence-electron chi connectivity index (χ0n) is 13.7. The number of hydrogen-bond acceptors (Lipinski definition) is 4. The summed E-state index contributed by atoms with van der Waals surface area (Å²) in [4.78, 5) is 16.2. The smallest absolute Gasteiger partial charge is 0.315 e. The molecule has 0 aliphatic carbocycles. The van der Waals surface area contributed by atoms with Gasteiger partial charge in [-0.25, -0.2) is 14.3 Å². The number of hydrogen-bond donors (Lipinski definition) is 3. The number of aliphatic hydroxyl groups excluding tert-OH is 1. The lowest BCUT2D eigenvalue weighted by Gasteiger charge is -2.31. The Morgan fingerprint density at radius 1 is 1.26 bits per heavy atom. The molecule has 0 aliphatic heterocycles. The van der Waals surface area contributed by atoms with Crippen LogP contribution >= 0.6 is 0 Å². The third-order valence-corrected chi connectivity index (χ3v) is 4.56. The Bertz CT molecular complexity index is 636. The fraction of sp³-hybridized carbons (Fsp3) is 0.562. The molecule has 0 spiro atoms. The maximum Gasteiger partial charge on any atom is 0.315 e. The van der Waals surface area contributed by atoms with Crippen LogP contribution in [0.15, 0.2) is 24.5 Å². The highest BCUT2D eigenvalue weighted by molar-refractivity contribution is 5.73. The number of aliphatic hydroxyl groups is 1. The lowest BCUT2D eigenvalue weighted by Crippen LogP contribution is -2.42. The Morgan fingerprint density at radius 2 is 2.04 bits per heavy atom. The molecular weight excluding hydrogens is 294 g/mol. The van der Waals surface area contributed by atoms with Crippen LogP contribution in [0.25, 0.3) is 5.65 Å². The Kier molecular flexibility index (Phi) is 5.92. The van der Waals surface area contributed by atoms with E-state index in [1.54, 1.807) is 16.9 Å². The molecule has 0 saturated heterocycles. The van der Waals surface area contributed by atoms with E-state index in [9.17, 15) is 9.90 Å². The van der Waals surface area contributed by atoms with E-state index in [4.69, 9.17) is 0 Å². The van der Waals surface area contributed by atoms with Gasteiger partial charge >= 0.3 is 6.03 Å². The number of carbonyl (C=O) groups excluding carboxylic acids is 1. The summed E-state index contributed by atoms with van der Waals surface area (Å²) in [5.74, 6) is 0. The van der Waals surface area contributed by atoms with E-state index in [0.717, 1.165) is 24.2 Å². The van der Waals surface area contributed by atoms with Gasteiger partial charge in [0.2, 0.25) is 0 Å². The molecule has 0 unspecified atom stereocenters. The van der Waals surface area contributed by atoms with Crippen molar-refractivity contribution in [1.29, 1.82) is 0 Å². The summed E-state index contributed by atoms with van der Waals surface area (Å²) in [5, 5.41) is 19.2. The summed E-state index contributed by atoms with van der Waals surface area (Å²) in [6.45, 7) is 5.24. The van der Waals surface area contributed by atoms with Gasteiger partial charge in [0.1, 0.15) is 0 Å². The monoisotopic (exact) mass is 319 g/mol. The molecule has 0 aromatic carbocycles. The second-order valence-corrected chi connectivity index (χ2v) is 5.75. The number of urea groups is 1. The van der Waals surface area contributed by atoms with Crippen LogP contribution in [0, 0.1) is 5.41 Å². The summed E-state index contributed by atoms with van der Waals surface area (Å²) in [6, 6.07) is 3.43. The van der Waals surface area contributed by atoms with Crippen LogP contribution < -0.4 is 10.6 Å². The molecular formula is C16H25N5O2. The van der Waals surface area contributed by atoms with Gasteiger partial charge in [0.05, 0.1) is 18.4 Å². The Balaban J connectivity index is 1.89. The third-order valence-electron chi connectivity index (χ3n) is 4.56. The largest absolute Gasteiger partial charge is 0.396 e. The van der Waals surface area contributed by atoms with Gasteiger partial charge in [0.15, 0.2) is 5.65 Å². The molecule has 0 atom stereocenters. The second kappa shape index (κ2) is 7.92. The minimum atomic E-state index is -0.216. The molecule has 0 saturated carbocycles. The van der Waals surface area contributed by atoms with Crippen molar-refractivity contribution in [3.8, 4) is 0 Å². The molecule has 23 heavy (non-hydrogen) atoms. The molecule has 0 bridgehead atoms. The first-order chi connectivity index (χ1) is 11.1. The third kappa shape index (κ3) is 4.19. The van der Waals surface area contributed by atoms with Gasteiger partial charge in [-0.05, 0) is 30.7 Å². The average Bonchev–Trinajstić information content (AvgIpc) is 3.06. The molecule has 2 aromatic rings. The molecule has 0 aliphatic rings. The summed E-state index contributed by atoms with van der Waals surface area (Å²) in [6.07, 6.45) is 5.91. The van der Waals surface area contributed by atoms with Gasteiger partial charge in [-0.1, -0.05) is 13.8 Å². The van der Waals surface area contributed by atoms with Crippen molar-refractivity contribution in [2.45, 2.75) is 39.7 Å². The zero-order valence-corrected chi connectivity index (χ0v) is 13.7. The summed E-state index contributed by atoms with van der Waals surface area (Å²) in [5.41, 5.74) is 1.57. The van der Waals surface area contributed by atoms with E-state index < -0.39 is 0 Å². The first-order valence-electron chi connectivity index (χ1n) is 8.04. The lowest BCUT2D eigenvalue weighted by molar-refractivity contribution is 0.163. The number of nitrogens with zero attached hydrogens (tertiary/aromatic N) is 3. The fourth-order valence-electron chi connectivity index (χ4n) is 2.70. The van der Waals surface area contributed by atoms with Crippen molar-refractivity contribution in [2.24, 2.45) is 5.41 Å². The average molecular weight is 319 g/mol. The Morgan fingerprint density at radius 3 is 2.74 bits per heavy atom. The van der Waals surface area contributed by atoms with E-state index >= 15 is 0 Å². The SMILES string of the molecule is CCC(CC)(CCO)CNC(=O)NCc1ccnc2ccnn12. The number of rotatable bonds is 8. The van der Waals surface area contributed by atoms with Crippen molar-refractivity contribution in [1.82, 2.24) is 25.2 Å². The van der Waals surface area contributed by atoms with E-state index in [1.807, 2.05) is 12.1 Å². The van der Waals surface area contributed by atoms with Gasteiger partial charge in [-0.15, -0.1) is 0 Å². The lowest BCUT2D eigenvalue weighted by atomic mass is 9.79. The predicted molar refractivity (Wildman–Crippen MR) is 87.9 cm³/mol. The van der Waals surface area contributed by atoms with Crippen molar-refractivity contribution < 1.29 is 9.90 Å². The molecule has 0 radical (unpaired) electrons. The number of nitrogens with one attached hydrogen (secondary N) is 2. The van der Waals surface area contributed by atoms with E-state index in [1.165, 1.54) is 0 Å². The van der Waals surface area contributed by atoms with Crippen molar-refractivity contribution in [3.05, 3.63) is 30.2 Å². The summed E-state index contributed by atoms with van der Waals surface area (Å²) in [7, 11) is 0. The quantitative estimate of drug-likeness (QED) is 0.691. The van der Waals surface area contributed by atoms with Gasteiger partial charge in [-0.2, -0.15) is 5.10 Å². The molecule has 2 rings (SSSR count). The highest BCUT2D eigenvalue weighted by Gasteiger charge is 2.26.